The van der Waals surface area contributed by atoms with Crippen LogP contribution in [0.2, 0.25) is 0 Å². The van der Waals surface area contributed by atoms with Crippen LogP contribution in [0.4, 0.5) is 27.9 Å². The van der Waals surface area contributed by atoms with Crippen molar-refractivity contribution >= 4 is 11.9 Å². The van der Waals surface area contributed by atoms with Gasteiger partial charge >= 0.3 is 6.18 Å². The number of carbonyl (C=O) groups excluding carboxylic acids is 1. The zero-order chi connectivity index (χ0) is 25.4. The smallest absolute Gasteiger partial charge is 0.352 e. The molecule has 0 radical (unpaired) electrons. The van der Waals surface area contributed by atoms with Crippen LogP contribution in [-0.2, 0) is 13.2 Å². The molecule has 186 valence electrons. The van der Waals surface area contributed by atoms with E-state index in [4.69, 9.17) is 0 Å². The molecule has 3 aromatic heterocycles. The topological polar surface area (TPSA) is 102 Å². The molecule has 1 saturated heterocycles. The summed E-state index contributed by atoms with van der Waals surface area (Å²) in [5.74, 6) is -4.59. The standard InChI is InChI=1S/C21H21F5N8O/c1-12-3-20(22,23)10-34(16(12)8-31-19-29-6-14(7-30-19)21(24,25)26)18(35)17-15(9-33(2)32-17)13-4-27-11-28-5-13/h4-7,9,11-12,16H,3,8,10H2,1-2H3,(H,29,30,31)/t12?,16-/m1/s1. The van der Waals surface area contributed by atoms with Gasteiger partial charge in [-0.05, 0) is 5.92 Å². The second-order valence-corrected chi connectivity index (χ2v) is 8.40. The van der Waals surface area contributed by atoms with Crippen LogP contribution < -0.4 is 5.32 Å². The number of carbonyl (C=O) groups is 1. The van der Waals surface area contributed by atoms with Crippen molar-refractivity contribution in [3.63, 3.8) is 0 Å². The Morgan fingerprint density at radius 3 is 2.46 bits per heavy atom. The van der Waals surface area contributed by atoms with Crippen LogP contribution in [0, 0.1) is 5.92 Å². The van der Waals surface area contributed by atoms with Crippen LogP contribution in [0.25, 0.3) is 11.1 Å². The number of piperidine rings is 1. The number of anilines is 1. The minimum Gasteiger partial charge on any atom is -0.352 e. The van der Waals surface area contributed by atoms with Crippen LogP contribution in [0.1, 0.15) is 29.4 Å². The van der Waals surface area contributed by atoms with Crippen LogP contribution in [-0.4, -0.2) is 65.6 Å². The first-order chi connectivity index (χ1) is 16.4. The lowest BCUT2D eigenvalue weighted by Gasteiger charge is -2.43. The highest BCUT2D eigenvalue weighted by Crippen LogP contribution is 2.36. The van der Waals surface area contributed by atoms with Gasteiger partial charge in [0.15, 0.2) is 5.69 Å². The summed E-state index contributed by atoms with van der Waals surface area (Å²) in [6, 6.07) is -0.727. The molecule has 1 amide bonds. The van der Waals surface area contributed by atoms with Gasteiger partial charge in [-0.3, -0.25) is 9.48 Å². The highest BCUT2D eigenvalue weighted by molar-refractivity contribution is 5.99. The van der Waals surface area contributed by atoms with Gasteiger partial charge in [-0.1, -0.05) is 6.92 Å². The summed E-state index contributed by atoms with van der Waals surface area (Å²) in [5, 5.41) is 6.96. The van der Waals surface area contributed by atoms with E-state index in [2.05, 4.69) is 30.4 Å². The molecule has 0 spiro atoms. The number of halogens is 5. The summed E-state index contributed by atoms with van der Waals surface area (Å²) in [5.41, 5.74) is -0.174. The molecule has 1 aliphatic rings. The molecule has 1 N–H and O–H groups in total. The van der Waals surface area contributed by atoms with Crippen molar-refractivity contribution in [3.8, 4) is 11.1 Å². The zero-order valence-electron chi connectivity index (χ0n) is 18.7. The number of nitrogens with zero attached hydrogens (tertiary/aromatic N) is 7. The number of likely N-dealkylation sites (tertiary alicyclic amines) is 1. The minimum absolute atomic E-state index is 0.0389. The maximum absolute atomic E-state index is 14.5. The number of hydrogen-bond acceptors (Lipinski definition) is 7. The van der Waals surface area contributed by atoms with Crippen LogP contribution in [0.5, 0.6) is 0 Å². The van der Waals surface area contributed by atoms with Gasteiger partial charge in [-0.25, -0.2) is 28.7 Å². The number of rotatable bonds is 5. The van der Waals surface area contributed by atoms with Crippen molar-refractivity contribution < 1.29 is 26.7 Å². The Hall–Kier alpha value is -3.71. The average molecular weight is 496 g/mol. The van der Waals surface area contributed by atoms with Crippen LogP contribution >= 0.6 is 0 Å². The number of nitrogens with one attached hydrogen (secondary N) is 1. The maximum Gasteiger partial charge on any atom is 0.419 e. The molecular weight excluding hydrogens is 475 g/mol. The largest absolute Gasteiger partial charge is 0.419 e. The third-order valence-corrected chi connectivity index (χ3v) is 5.69. The maximum atomic E-state index is 14.5. The van der Waals surface area contributed by atoms with Crippen LogP contribution in [0.15, 0.2) is 37.3 Å². The van der Waals surface area contributed by atoms with Crippen molar-refractivity contribution in [1.82, 2.24) is 34.6 Å². The Kier molecular flexibility index (Phi) is 6.38. The second-order valence-electron chi connectivity index (χ2n) is 8.40. The molecule has 4 rings (SSSR count). The fourth-order valence-electron chi connectivity index (χ4n) is 4.07. The minimum atomic E-state index is -4.59. The fraction of sp³-hybridized carbons (Fsp3) is 0.429. The molecule has 2 atom stereocenters. The fourth-order valence-corrected chi connectivity index (χ4v) is 4.07. The summed E-state index contributed by atoms with van der Waals surface area (Å²) >= 11 is 0. The van der Waals surface area contributed by atoms with Crippen molar-refractivity contribution in [3.05, 3.63) is 48.6 Å². The molecule has 0 aromatic carbocycles. The molecule has 14 heteroatoms. The molecule has 4 heterocycles. The van der Waals surface area contributed by atoms with Gasteiger partial charge in [0.2, 0.25) is 5.95 Å². The van der Waals surface area contributed by atoms with Gasteiger partial charge < -0.3 is 10.2 Å². The predicted octanol–water partition coefficient (Wildman–Crippen LogP) is 3.28. The lowest BCUT2D eigenvalue weighted by atomic mass is 9.88. The first-order valence-corrected chi connectivity index (χ1v) is 10.6. The average Bonchev–Trinajstić information content (AvgIpc) is 3.19. The van der Waals surface area contributed by atoms with Crippen molar-refractivity contribution in [1.29, 1.82) is 0 Å². The normalized spacial score (nSPS) is 20.0. The third-order valence-electron chi connectivity index (χ3n) is 5.69. The Morgan fingerprint density at radius 1 is 1.17 bits per heavy atom. The first-order valence-electron chi connectivity index (χ1n) is 10.6. The third kappa shape index (κ3) is 5.35. The van der Waals surface area contributed by atoms with Crippen molar-refractivity contribution in [2.75, 3.05) is 18.4 Å². The van der Waals surface area contributed by atoms with Crippen LogP contribution in [0.3, 0.4) is 0 Å². The van der Waals surface area contributed by atoms with Gasteiger partial charge in [0, 0.05) is 62.1 Å². The summed E-state index contributed by atoms with van der Waals surface area (Å²) in [6.07, 6.45) is 2.05. The Morgan fingerprint density at radius 2 is 1.83 bits per heavy atom. The van der Waals surface area contributed by atoms with Gasteiger partial charge in [0.1, 0.15) is 6.33 Å². The number of aromatic nitrogens is 6. The first kappa shape index (κ1) is 24.4. The van der Waals surface area contributed by atoms with E-state index >= 15 is 0 Å². The molecule has 0 aliphatic carbocycles. The summed E-state index contributed by atoms with van der Waals surface area (Å²) in [6.45, 7) is 0.695. The monoisotopic (exact) mass is 496 g/mol. The SMILES string of the molecule is CC1CC(F)(F)CN(C(=O)c2nn(C)cc2-c2cncnc2)[C@@H]1CNc1ncc(C(F)(F)F)cn1. The van der Waals surface area contributed by atoms with E-state index in [1.54, 1.807) is 20.2 Å². The molecule has 35 heavy (non-hydrogen) atoms. The lowest BCUT2D eigenvalue weighted by molar-refractivity contribution is -0.138. The van der Waals surface area contributed by atoms with Crippen molar-refractivity contribution in [2.24, 2.45) is 13.0 Å². The molecule has 9 nitrogen and oxygen atoms in total. The van der Waals surface area contributed by atoms with Gasteiger partial charge in [-0.2, -0.15) is 18.3 Å². The van der Waals surface area contributed by atoms with E-state index in [-0.39, 0.29) is 18.2 Å². The Labute approximate surface area is 196 Å². The lowest BCUT2D eigenvalue weighted by Crippen LogP contribution is -2.57. The molecule has 1 aliphatic heterocycles. The number of amides is 1. The van der Waals surface area contributed by atoms with Crippen molar-refractivity contribution in [2.45, 2.75) is 31.5 Å². The predicted molar refractivity (Wildman–Crippen MR) is 113 cm³/mol. The van der Waals surface area contributed by atoms with Gasteiger partial charge in [0.25, 0.3) is 11.8 Å². The molecule has 1 unspecified atom stereocenters. The molecule has 3 aromatic rings. The van der Waals surface area contributed by atoms with E-state index < -0.39 is 48.5 Å². The molecular formula is C21H21F5N8O. The molecule has 0 saturated carbocycles. The Bertz CT molecular complexity index is 1180. The van der Waals surface area contributed by atoms with E-state index in [0.717, 1.165) is 4.90 Å². The summed E-state index contributed by atoms with van der Waals surface area (Å²) < 4.78 is 68.7. The quantitative estimate of drug-likeness (QED) is 0.541. The number of hydrogen-bond donors (Lipinski definition) is 1. The van der Waals surface area contributed by atoms with E-state index in [9.17, 15) is 26.7 Å². The van der Waals surface area contributed by atoms with E-state index in [1.165, 1.54) is 23.4 Å². The van der Waals surface area contributed by atoms with E-state index in [1.807, 2.05) is 0 Å². The van der Waals surface area contributed by atoms with Gasteiger partial charge in [-0.15, -0.1) is 0 Å². The van der Waals surface area contributed by atoms with E-state index in [0.29, 0.717) is 23.5 Å². The summed E-state index contributed by atoms with van der Waals surface area (Å²) in [4.78, 5) is 29.7. The molecule has 1 fully saturated rings. The highest BCUT2D eigenvalue weighted by atomic mass is 19.4. The second kappa shape index (κ2) is 9.15. The zero-order valence-corrected chi connectivity index (χ0v) is 18.7. The van der Waals surface area contributed by atoms with Gasteiger partial charge in [0.05, 0.1) is 18.2 Å². The summed E-state index contributed by atoms with van der Waals surface area (Å²) in [7, 11) is 1.60. The number of alkyl halides is 5. The molecule has 0 bridgehead atoms. The number of aryl methyl sites for hydroxylation is 1. The highest BCUT2D eigenvalue weighted by Gasteiger charge is 2.47. The Balaban J connectivity index is 1.60.